The molecule has 0 radical (unpaired) electrons. The van der Waals surface area contributed by atoms with Crippen molar-refractivity contribution < 1.29 is 9.90 Å². The molecule has 3 nitrogen and oxygen atoms in total. The minimum Gasteiger partial charge on any atom is -0.508 e. The Morgan fingerprint density at radius 2 is 1.86 bits per heavy atom. The van der Waals surface area contributed by atoms with E-state index in [0.717, 1.165) is 70.1 Å². The molecule has 0 aliphatic heterocycles. The maximum absolute atomic E-state index is 12.6. The summed E-state index contributed by atoms with van der Waals surface area (Å²) in [6, 6.07) is 4.39. The van der Waals surface area contributed by atoms with Crippen LogP contribution >= 0.6 is 0 Å². The Bertz CT molecular complexity index is 736. The van der Waals surface area contributed by atoms with E-state index in [0.29, 0.717) is 29.3 Å². The molecule has 0 aromatic heterocycles. The molecule has 28 heavy (non-hydrogen) atoms. The summed E-state index contributed by atoms with van der Waals surface area (Å²) < 4.78 is 0. The van der Waals surface area contributed by atoms with Crippen LogP contribution in [0.15, 0.2) is 12.1 Å². The second-order valence-electron chi connectivity index (χ2n) is 9.79. The molecule has 0 amide bonds. The Balaban J connectivity index is 1.62. The minimum absolute atomic E-state index is 0.0581. The molecule has 2 fully saturated rings. The molecule has 0 saturated heterocycles. The van der Waals surface area contributed by atoms with Gasteiger partial charge in [-0.05, 0) is 93.0 Å². The summed E-state index contributed by atoms with van der Waals surface area (Å²) in [4.78, 5) is 15.0. The summed E-state index contributed by atoms with van der Waals surface area (Å²) >= 11 is 0. The summed E-state index contributed by atoms with van der Waals surface area (Å²) in [5, 5.41) is 10.7. The molecule has 3 aliphatic carbocycles. The molecule has 1 N–H and O–H groups in total. The van der Waals surface area contributed by atoms with Crippen LogP contribution in [0.4, 0.5) is 0 Å². The van der Waals surface area contributed by atoms with E-state index < -0.39 is 0 Å². The smallest absolute Gasteiger partial charge is 0.139 e. The first-order valence-electron chi connectivity index (χ1n) is 11.6. The van der Waals surface area contributed by atoms with E-state index in [1.165, 1.54) is 17.5 Å². The van der Waals surface area contributed by atoms with Crippen molar-refractivity contribution in [1.29, 1.82) is 0 Å². The molecule has 1 aromatic rings. The number of nitrogens with zero attached hydrogens (tertiary/aromatic N) is 1. The number of aromatic hydroxyl groups is 1. The lowest BCUT2D eigenvalue weighted by Gasteiger charge is -2.48. The van der Waals surface area contributed by atoms with Crippen molar-refractivity contribution in [2.24, 2.45) is 17.3 Å². The summed E-state index contributed by atoms with van der Waals surface area (Å²) in [5.41, 5.74) is 3.88. The quantitative estimate of drug-likeness (QED) is 0.711. The predicted molar refractivity (Wildman–Crippen MR) is 114 cm³/mol. The highest BCUT2D eigenvalue weighted by molar-refractivity contribution is 5.87. The molecule has 154 valence electrons. The van der Waals surface area contributed by atoms with Gasteiger partial charge in [-0.15, -0.1) is 0 Å². The van der Waals surface area contributed by atoms with E-state index in [4.69, 9.17) is 0 Å². The Labute approximate surface area is 170 Å². The van der Waals surface area contributed by atoms with Gasteiger partial charge in [-0.1, -0.05) is 26.8 Å². The zero-order valence-corrected chi connectivity index (χ0v) is 18.0. The number of Topliss-reactive ketones (excluding diaryl/α,β-unsaturated/α-hetero) is 1. The van der Waals surface area contributed by atoms with Gasteiger partial charge in [0.25, 0.3) is 0 Å². The number of aryl methyl sites for hydroxylation is 1. The highest BCUT2D eigenvalue weighted by atomic mass is 16.3. The third-order valence-corrected chi connectivity index (χ3v) is 8.11. The van der Waals surface area contributed by atoms with Gasteiger partial charge >= 0.3 is 0 Å². The van der Waals surface area contributed by atoms with Crippen LogP contribution in [0, 0.1) is 17.3 Å². The molecule has 0 heterocycles. The van der Waals surface area contributed by atoms with Crippen LogP contribution in [0.3, 0.4) is 0 Å². The van der Waals surface area contributed by atoms with Crippen LogP contribution in [-0.2, 0) is 17.8 Å². The first-order chi connectivity index (χ1) is 13.5. The molecule has 4 atom stereocenters. The number of fused-ring (bicyclic) bond motifs is 5. The maximum Gasteiger partial charge on any atom is 0.139 e. The summed E-state index contributed by atoms with van der Waals surface area (Å²) in [6.07, 6.45) is 8.59. The number of phenols is 1. The van der Waals surface area contributed by atoms with Gasteiger partial charge < -0.3 is 5.11 Å². The van der Waals surface area contributed by atoms with Crippen LogP contribution in [-0.4, -0.2) is 28.9 Å². The second-order valence-corrected chi connectivity index (χ2v) is 9.79. The summed E-state index contributed by atoms with van der Waals surface area (Å²) in [5.74, 6) is 2.80. The van der Waals surface area contributed by atoms with Crippen molar-refractivity contribution in [1.82, 2.24) is 4.90 Å². The number of carbonyl (C=O) groups excluding carboxylic acids is 1. The first-order valence-corrected chi connectivity index (χ1v) is 11.6. The fourth-order valence-corrected chi connectivity index (χ4v) is 6.70. The van der Waals surface area contributed by atoms with E-state index in [2.05, 4.69) is 37.8 Å². The van der Waals surface area contributed by atoms with Crippen LogP contribution in [0.1, 0.15) is 88.3 Å². The fourth-order valence-electron chi connectivity index (χ4n) is 6.70. The van der Waals surface area contributed by atoms with Gasteiger partial charge in [0.05, 0.1) is 0 Å². The molecule has 0 unspecified atom stereocenters. The highest BCUT2D eigenvalue weighted by Crippen LogP contribution is 2.59. The topological polar surface area (TPSA) is 40.5 Å². The van der Waals surface area contributed by atoms with Crippen LogP contribution in [0.25, 0.3) is 0 Å². The number of hydrogen-bond donors (Lipinski definition) is 1. The summed E-state index contributed by atoms with van der Waals surface area (Å²) in [6.45, 7) is 9.70. The predicted octanol–water partition coefficient (Wildman–Crippen LogP) is 5.44. The molecule has 4 rings (SSSR count). The Morgan fingerprint density at radius 3 is 2.57 bits per heavy atom. The normalized spacial score (nSPS) is 31.6. The van der Waals surface area contributed by atoms with Gasteiger partial charge in [0.1, 0.15) is 11.5 Å². The Hall–Kier alpha value is -1.35. The van der Waals surface area contributed by atoms with E-state index in [1.54, 1.807) is 0 Å². The SMILES string of the molecule is CCCN(CCC)Cc1cc2c(cc1O)CC[C@H]1[C@@H]2CC[C@@]2(C)C(=O)CC[C@H]12. The molecular weight excluding hydrogens is 346 g/mol. The zero-order valence-electron chi connectivity index (χ0n) is 18.0. The third kappa shape index (κ3) is 3.30. The fraction of sp³-hybridized carbons (Fsp3) is 0.720. The van der Waals surface area contributed by atoms with Crippen molar-refractivity contribution in [3.05, 3.63) is 28.8 Å². The third-order valence-electron chi connectivity index (χ3n) is 8.11. The van der Waals surface area contributed by atoms with Gasteiger partial charge in [-0.3, -0.25) is 9.69 Å². The first kappa shape index (κ1) is 19.9. The average Bonchev–Trinajstić information content (AvgIpc) is 2.98. The van der Waals surface area contributed by atoms with E-state index >= 15 is 0 Å². The zero-order chi connectivity index (χ0) is 19.9. The van der Waals surface area contributed by atoms with Crippen LogP contribution in [0.2, 0.25) is 0 Å². The Kier molecular flexibility index (Phi) is 5.57. The molecule has 0 bridgehead atoms. The largest absolute Gasteiger partial charge is 0.508 e. The lowest BCUT2D eigenvalue weighted by Crippen LogP contribution is -2.42. The number of phenolic OH excluding ortho intramolecular Hbond substituents is 1. The number of rotatable bonds is 6. The lowest BCUT2D eigenvalue weighted by molar-refractivity contribution is -0.129. The van der Waals surface area contributed by atoms with Crippen LogP contribution < -0.4 is 0 Å². The van der Waals surface area contributed by atoms with Gasteiger partial charge in [-0.25, -0.2) is 0 Å². The minimum atomic E-state index is -0.0581. The molecule has 0 spiro atoms. The number of hydrogen-bond acceptors (Lipinski definition) is 3. The second kappa shape index (κ2) is 7.82. The average molecular weight is 384 g/mol. The molecular formula is C25H37NO2. The van der Waals surface area contributed by atoms with Gasteiger partial charge in [0, 0.05) is 23.9 Å². The van der Waals surface area contributed by atoms with E-state index in [1.807, 2.05) is 0 Å². The van der Waals surface area contributed by atoms with Crippen molar-refractivity contribution in [2.75, 3.05) is 13.1 Å². The van der Waals surface area contributed by atoms with Gasteiger partial charge in [-0.2, -0.15) is 0 Å². The van der Waals surface area contributed by atoms with Crippen molar-refractivity contribution in [2.45, 2.75) is 84.6 Å². The highest BCUT2D eigenvalue weighted by Gasteiger charge is 2.54. The van der Waals surface area contributed by atoms with E-state index in [9.17, 15) is 9.90 Å². The molecule has 1 aromatic carbocycles. The molecule has 3 aliphatic rings. The summed E-state index contributed by atoms with van der Waals surface area (Å²) in [7, 11) is 0. The number of ketones is 1. The monoisotopic (exact) mass is 383 g/mol. The number of carbonyl (C=O) groups is 1. The lowest BCUT2D eigenvalue weighted by atomic mass is 9.55. The van der Waals surface area contributed by atoms with Crippen molar-refractivity contribution in [3.63, 3.8) is 0 Å². The standard InChI is InChI=1S/C25H37NO2/c1-4-12-26(13-5-2)16-18-14-21-17(15-23(18)27)6-7-20-19(21)10-11-25(3)22(20)8-9-24(25)28/h14-15,19-20,22,27H,4-13,16H2,1-3H3/t19-,20-,22+,25+/m0/s1. The van der Waals surface area contributed by atoms with Crippen molar-refractivity contribution >= 4 is 5.78 Å². The maximum atomic E-state index is 12.6. The number of benzene rings is 1. The van der Waals surface area contributed by atoms with E-state index in [-0.39, 0.29) is 5.41 Å². The molecule has 3 heteroatoms. The van der Waals surface area contributed by atoms with Crippen LogP contribution in [0.5, 0.6) is 5.75 Å². The molecule has 2 saturated carbocycles. The van der Waals surface area contributed by atoms with Gasteiger partial charge in [0.2, 0.25) is 0 Å². The Morgan fingerprint density at radius 1 is 1.11 bits per heavy atom. The van der Waals surface area contributed by atoms with Crippen molar-refractivity contribution in [3.8, 4) is 5.75 Å². The van der Waals surface area contributed by atoms with Gasteiger partial charge in [0.15, 0.2) is 0 Å².